The van der Waals surface area contributed by atoms with Crippen LogP contribution in [0.3, 0.4) is 0 Å². The van der Waals surface area contributed by atoms with Crippen molar-refractivity contribution in [2.75, 3.05) is 24.1 Å². The maximum Gasteiger partial charge on any atom is 0.222 e. The molecule has 0 saturated carbocycles. The second kappa shape index (κ2) is 9.93. The largest absolute Gasteiger partial charge is 0.370 e. The number of nitrogen functional groups attached to an aromatic ring is 1. The maximum absolute atomic E-state index is 6.06. The van der Waals surface area contributed by atoms with E-state index in [9.17, 15) is 0 Å². The third-order valence-electron chi connectivity index (χ3n) is 6.17. The van der Waals surface area contributed by atoms with Crippen LogP contribution < -0.4 is 27.4 Å². The molecule has 0 radical (unpaired) electrons. The Kier molecular flexibility index (Phi) is 6.79. The number of benzene rings is 2. The molecule has 8 heteroatoms. The molecule has 0 saturated heterocycles. The molecule has 2 heterocycles. The predicted octanol–water partition coefficient (Wildman–Crippen LogP) is 3.25. The molecule has 4 rings (SSSR count). The fraction of sp³-hybridized carbons (Fsp3) is 0.269. The fourth-order valence-corrected chi connectivity index (χ4v) is 3.99. The number of nitrogens with one attached hydrogen (secondary N) is 3. The van der Waals surface area contributed by atoms with Gasteiger partial charge in [-0.1, -0.05) is 36.4 Å². The summed E-state index contributed by atoms with van der Waals surface area (Å²) in [6, 6.07) is 14.3. The maximum atomic E-state index is 6.06. The summed E-state index contributed by atoms with van der Waals surface area (Å²) < 4.78 is 0. The lowest BCUT2D eigenvalue weighted by Gasteiger charge is -2.23. The number of nitrogens with two attached hydrogens (primary N) is 2. The zero-order valence-electron chi connectivity index (χ0n) is 20.1. The molecule has 1 aromatic heterocycles. The Bertz CT molecular complexity index is 1260. The van der Waals surface area contributed by atoms with Gasteiger partial charge in [0, 0.05) is 30.3 Å². The van der Waals surface area contributed by atoms with Gasteiger partial charge in [-0.05, 0) is 56.0 Å². The smallest absolute Gasteiger partial charge is 0.222 e. The van der Waals surface area contributed by atoms with Crippen LogP contribution in [0.1, 0.15) is 27.8 Å². The van der Waals surface area contributed by atoms with E-state index >= 15 is 0 Å². The van der Waals surface area contributed by atoms with Crippen LogP contribution in [-0.2, 0) is 0 Å². The number of rotatable bonds is 7. The van der Waals surface area contributed by atoms with Crippen molar-refractivity contribution in [2.45, 2.75) is 33.9 Å². The van der Waals surface area contributed by atoms with Crippen molar-refractivity contribution in [2.24, 2.45) is 10.7 Å². The number of anilines is 2. The molecule has 0 amide bonds. The average molecular weight is 457 g/mol. The highest BCUT2D eigenvalue weighted by Gasteiger charge is 2.16. The molecule has 1 aliphatic heterocycles. The summed E-state index contributed by atoms with van der Waals surface area (Å²) in [5, 5.41) is 9.95. The van der Waals surface area contributed by atoms with Crippen LogP contribution in [0.25, 0.3) is 17.0 Å². The van der Waals surface area contributed by atoms with Crippen LogP contribution in [0.2, 0.25) is 0 Å². The zero-order chi connectivity index (χ0) is 24.2. The lowest BCUT2D eigenvalue weighted by molar-refractivity contribution is 0.571. The molecule has 7 N–H and O–H groups in total. The Morgan fingerprint density at radius 1 is 0.882 bits per heavy atom. The topological polar surface area (TPSA) is 126 Å². The van der Waals surface area contributed by atoms with Gasteiger partial charge in [0.05, 0.1) is 11.4 Å². The summed E-state index contributed by atoms with van der Waals surface area (Å²) in [5.41, 5.74) is 20.7. The second-order valence-electron chi connectivity index (χ2n) is 8.54. The van der Waals surface area contributed by atoms with Gasteiger partial charge in [0.15, 0.2) is 5.96 Å². The van der Waals surface area contributed by atoms with Crippen molar-refractivity contribution in [3.63, 3.8) is 0 Å². The van der Waals surface area contributed by atoms with Crippen LogP contribution >= 0.6 is 0 Å². The van der Waals surface area contributed by atoms with Crippen molar-refractivity contribution < 1.29 is 0 Å². The number of aryl methyl sites for hydroxylation is 2. The molecular weight excluding hydrogens is 424 g/mol. The van der Waals surface area contributed by atoms with E-state index in [4.69, 9.17) is 11.5 Å². The highest BCUT2D eigenvalue weighted by atomic mass is 15.2. The molecule has 34 heavy (non-hydrogen) atoms. The van der Waals surface area contributed by atoms with Gasteiger partial charge in [0.25, 0.3) is 0 Å². The van der Waals surface area contributed by atoms with E-state index in [1.807, 2.05) is 18.2 Å². The molecule has 1 aliphatic rings. The van der Waals surface area contributed by atoms with Crippen LogP contribution in [0.15, 0.2) is 53.5 Å². The fourth-order valence-electron chi connectivity index (χ4n) is 3.99. The normalized spacial score (nSPS) is 15.4. The lowest BCUT2D eigenvalue weighted by atomic mass is 10.00. The van der Waals surface area contributed by atoms with Gasteiger partial charge in [-0.15, -0.1) is 0 Å². The van der Waals surface area contributed by atoms with Crippen molar-refractivity contribution >= 4 is 23.4 Å². The SMILES string of the molecule is Cc1cccc(C2=CC(NCCNc3cc(-c4cccc(C)c4C)nc(N)n3)NC(N)=N2)c1C. The Morgan fingerprint density at radius 3 is 2.29 bits per heavy atom. The van der Waals surface area contributed by atoms with Gasteiger partial charge in [-0.2, -0.15) is 4.98 Å². The Balaban J connectivity index is 1.40. The number of aromatic nitrogens is 2. The summed E-state index contributed by atoms with van der Waals surface area (Å²) in [5.74, 6) is 1.33. The first kappa shape index (κ1) is 23.3. The molecular formula is C26H32N8. The summed E-state index contributed by atoms with van der Waals surface area (Å²) in [7, 11) is 0. The summed E-state index contributed by atoms with van der Waals surface area (Å²) in [6.07, 6.45) is 1.93. The number of aliphatic imine (C=N–C) groups is 1. The molecule has 0 aliphatic carbocycles. The van der Waals surface area contributed by atoms with E-state index < -0.39 is 0 Å². The molecule has 0 bridgehead atoms. The lowest BCUT2D eigenvalue weighted by Crippen LogP contribution is -2.50. The van der Waals surface area contributed by atoms with Crippen LogP contribution in [0.5, 0.6) is 0 Å². The minimum Gasteiger partial charge on any atom is -0.370 e. The first-order chi connectivity index (χ1) is 16.3. The van der Waals surface area contributed by atoms with Gasteiger partial charge in [0.1, 0.15) is 12.0 Å². The summed E-state index contributed by atoms with van der Waals surface area (Å²) in [6.45, 7) is 9.69. The molecule has 176 valence electrons. The number of hydrogen-bond acceptors (Lipinski definition) is 8. The third kappa shape index (κ3) is 5.18. The standard InChI is InChI=1S/C26H32N8/c1-15-7-5-9-19(17(15)3)21-13-23(33-25(27)31-21)29-11-12-30-24-14-22(32-26(28)34-24)20-10-6-8-16(2)18(20)4/h5-10,13-14,23,29H,11-12H2,1-4H3,(H3,27,31,33)(H3,28,30,32,34). The van der Waals surface area contributed by atoms with Crippen molar-refractivity contribution in [1.82, 2.24) is 20.6 Å². The molecule has 3 aromatic rings. The molecule has 1 atom stereocenters. The molecule has 8 nitrogen and oxygen atoms in total. The second-order valence-corrected chi connectivity index (χ2v) is 8.54. The van der Waals surface area contributed by atoms with Gasteiger partial charge in [-0.3, -0.25) is 5.32 Å². The van der Waals surface area contributed by atoms with Crippen molar-refractivity contribution in [3.05, 3.63) is 76.4 Å². The summed E-state index contributed by atoms with van der Waals surface area (Å²) in [4.78, 5) is 13.3. The van der Waals surface area contributed by atoms with E-state index in [1.54, 1.807) is 0 Å². The van der Waals surface area contributed by atoms with Gasteiger partial charge in [-0.25, -0.2) is 9.98 Å². The van der Waals surface area contributed by atoms with E-state index in [2.05, 4.69) is 88.9 Å². The van der Waals surface area contributed by atoms with Gasteiger partial charge >= 0.3 is 0 Å². The van der Waals surface area contributed by atoms with Crippen LogP contribution in [0.4, 0.5) is 11.8 Å². The van der Waals surface area contributed by atoms with E-state index in [0.29, 0.717) is 24.9 Å². The minimum atomic E-state index is -0.129. The molecule has 1 unspecified atom stereocenters. The van der Waals surface area contributed by atoms with Crippen LogP contribution in [0, 0.1) is 27.7 Å². The van der Waals surface area contributed by atoms with Crippen molar-refractivity contribution in [3.8, 4) is 11.3 Å². The molecule has 2 aromatic carbocycles. The first-order valence-corrected chi connectivity index (χ1v) is 11.4. The summed E-state index contributed by atoms with van der Waals surface area (Å²) >= 11 is 0. The highest BCUT2D eigenvalue weighted by molar-refractivity contribution is 5.88. The van der Waals surface area contributed by atoms with Gasteiger partial charge in [0.2, 0.25) is 5.95 Å². The Labute approximate surface area is 200 Å². The van der Waals surface area contributed by atoms with E-state index in [-0.39, 0.29) is 12.1 Å². The van der Waals surface area contributed by atoms with Crippen molar-refractivity contribution in [1.29, 1.82) is 0 Å². The number of guanidine groups is 1. The third-order valence-corrected chi connectivity index (χ3v) is 6.17. The Hall–Kier alpha value is -3.91. The predicted molar refractivity (Wildman–Crippen MR) is 140 cm³/mol. The molecule has 0 spiro atoms. The van der Waals surface area contributed by atoms with E-state index in [1.165, 1.54) is 22.3 Å². The molecule has 0 fully saturated rings. The monoisotopic (exact) mass is 456 g/mol. The Morgan fingerprint density at radius 2 is 1.56 bits per heavy atom. The number of nitrogens with zero attached hydrogens (tertiary/aromatic N) is 3. The minimum absolute atomic E-state index is 0.129. The highest BCUT2D eigenvalue weighted by Crippen LogP contribution is 2.26. The van der Waals surface area contributed by atoms with Gasteiger partial charge < -0.3 is 22.1 Å². The quantitative estimate of drug-likeness (QED) is 0.346. The average Bonchev–Trinajstić information content (AvgIpc) is 2.79. The van der Waals surface area contributed by atoms with E-state index in [0.717, 1.165) is 22.5 Å². The number of hydrogen-bond donors (Lipinski definition) is 5. The zero-order valence-corrected chi connectivity index (χ0v) is 20.1. The van der Waals surface area contributed by atoms with Crippen LogP contribution in [-0.4, -0.2) is 35.2 Å². The first-order valence-electron chi connectivity index (χ1n) is 11.4.